The van der Waals surface area contributed by atoms with E-state index in [0.717, 1.165) is 17.1 Å². The van der Waals surface area contributed by atoms with E-state index in [1.807, 2.05) is 0 Å². The van der Waals surface area contributed by atoms with Gasteiger partial charge in [0.1, 0.15) is 0 Å². The summed E-state index contributed by atoms with van der Waals surface area (Å²) in [5.74, 6) is -0.835. The van der Waals surface area contributed by atoms with Gasteiger partial charge in [-0.05, 0) is 12.8 Å². The number of esters is 1. The van der Waals surface area contributed by atoms with Crippen LogP contribution in [0.15, 0.2) is 0 Å². The Bertz CT molecular complexity index is 386. The van der Waals surface area contributed by atoms with Gasteiger partial charge in [0.25, 0.3) is 0 Å². The van der Waals surface area contributed by atoms with E-state index in [-0.39, 0.29) is 18.7 Å². The molecular weight excluding hydrogens is 258 g/mol. The fraction of sp³-hybridized carbons (Fsp3) is 0.909. The summed E-state index contributed by atoms with van der Waals surface area (Å²) in [5, 5.41) is 10.2. The minimum Gasteiger partial charge on any atom is -0.469 e. The lowest BCUT2D eigenvalue weighted by Crippen LogP contribution is -2.43. The van der Waals surface area contributed by atoms with Crippen molar-refractivity contribution in [3.63, 3.8) is 0 Å². The number of methoxy groups -OCH3 is 1. The van der Waals surface area contributed by atoms with Gasteiger partial charge in [0.15, 0.2) is 0 Å². The molecule has 1 aliphatic carbocycles. The van der Waals surface area contributed by atoms with Crippen molar-refractivity contribution < 1.29 is 23.1 Å². The van der Waals surface area contributed by atoms with Crippen LogP contribution in [0.2, 0.25) is 0 Å². The van der Waals surface area contributed by atoms with Gasteiger partial charge in [-0.2, -0.15) is 0 Å². The second kappa shape index (κ2) is 5.99. The van der Waals surface area contributed by atoms with Gasteiger partial charge in [-0.15, -0.1) is 0 Å². The third-order valence-corrected chi connectivity index (χ3v) is 5.12. The molecule has 1 saturated carbocycles. The maximum atomic E-state index is 11.9. The van der Waals surface area contributed by atoms with Crippen molar-refractivity contribution in [1.82, 2.24) is 4.31 Å². The Morgan fingerprint density at radius 2 is 1.94 bits per heavy atom. The summed E-state index contributed by atoms with van der Waals surface area (Å²) in [5.41, 5.74) is -0.910. The van der Waals surface area contributed by atoms with E-state index in [0.29, 0.717) is 12.8 Å². The fourth-order valence-corrected chi connectivity index (χ4v) is 3.35. The van der Waals surface area contributed by atoms with Crippen LogP contribution in [0, 0.1) is 0 Å². The second-order valence-electron chi connectivity index (χ2n) is 4.83. The Balaban J connectivity index is 2.53. The van der Waals surface area contributed by atoms with Gasteiger partial charge in [-0.25, -0.2) is 12.7 Å². The van der Waals surface area contributed by atoms with E-state index in [9.17, 15) is 18.3 Å². The summed E-state index contributed by atoms with van der Waals surface area (Å²) in [6.45, 7) is 0.0938. The molecule has 6 nitrogen and oxygen atoms in total. The predicted octanol–water partition coefficient (Wildman–Crippen LogP) is 0.116. The van der Waals surface area contributed by atoms with Gasteiger partial charge in [0, 0.05) is 13.6 Å². The number of nitrogens with zero attached hydrogens (tertiary/aromatic N) is 1. The molecule has 0 aromatic heterocycles. The normalized spacial score (nSPS) is 19.1. The Morgan fingerprint density at radius 3 is 2.44 bits per heavy atom. The first-order valence-electron chi connectivity index (χ1n) is 6.02. The number of carbonyl (C=O) groups is 1. The Morgan fingerprint density at radius 1 is 1.39 bits per heavy atom. The van der Waals surface area contributed by atoms with E-state index < -0.39 is 21.6 Å². The molecule has 1 aliphatic rings. The largest absolute Gasteiger partial charge is 0.469 e. The molecule has 1 N–H and O–H groups in total. The highest BCUT2D eigenvalue weighted by molar-refractivity contribution is 7.89. The maximum Gasteiger partial charge on any atom is 0.306 e. The van der Waals surface area contributed by atoms with Gasteiger partial charge >= 0.3 is 5.97 Å². The lowest BCUT2D eigenvalue weighted by Gasteiger charge is -2.28. The zero-order chi connectivity index (χ0) is 13.8. The Kier molecular flexibility index (Phi) is 5.12. The number of ether oxygens (including phenoxy) is 1. The number of rotatable bonds is 6. The first-order valence-corrected chi connectivity index (χ1v) is 7.63. The molecule has 7 heteroatoms. The average Bonchev–Trinajstić information content (AvgIpc) is 2.72. The van der Waals surface area contributed by atoms with Gasteiger partial charge in [-0.1, -0.05) is 12.8 Å². The first-order chi connectivity index (χ1) is 8.29. The first kappa shape index (κ1) is 15.4. The van der Waals surface area contributed by atoms with Crippen LogP contribution in [-0.4, -0.2) is 55.9 Å². The van der Waals surface area contributed by atoms with E-state index >= 15 is 0 Å². The Hall–Kier alpha value is -0.660. The van der Waals surface area contributed by atoms with Crippen LogP contribution in [0.3, 0.4) is 0 Å². The van der Waals surface area contributed by atoms with Crippen LogP contribution in [0.4, 0.5) is 0 Å². The second-order valence-corrected chi connectivity index (χ2v) is 7.03. The predicted molar refractivity (Wildman–Crippen MR) is 66.5 cm³/mol. The number of aliphatic hydroxyl groups is 1. The number of sulfonamides is 1. The van der Waals surface area contributed by atoms with Crippen molar-refractivity contribution in [2.45, 2.75) is 37.7 Å². The summed E-state index contributed by atoms with van der Waals surface area (Å²) in [6.07, 6.45) is 2.94. The summed E-state index contributed by atoms with van der Waals surface area (Å²) < 4.78 is 29.3. The van der Waals surface area contributed by atoms with Crippen LogP contribution in [0.5, 0.6) is 0 Å². The third-order valence-electron chi connectivity index (χ3n) is 3.32. The molecular formula is C11H21NO5S. The molecule has 0 bridgehead atoms. The quantitative estimate of drug-likeness (QED) is 0.698. The zero-order valence-electron chi connectivity index (χ0n) is 10.9. The van der Waals surface area contributed by atoms with Crippen molar-refractivity contribution in [1.29, 1.82) is 0 Å². The molecule has 106 valence electrons. The van der Waals surface area contributed by atoms with E-state index in [2.05, 4.69) is 4.74 Å². The number of hydrogen-bond donors (Lipinski definition) is 1. The number of carbonyl (C=O) groups excluding carboxylic acids is 1. The third kappa shape index (κ3) is 4.22. The van der Waals surface area contributed by atoms with Crippen LogP contribution >= 0.6 is 0 Å². The SMILES string of the molecule is COC(=O)CCS(=O)(=O)N(C)CC1(O)CCCC1. The number of likely N-dealkylation sites (N-methyl/N-ethyl adjacent to an activating group) is 1. The molecule has 0 radical (unpaired) electrons. The van der Waals surface area contributed by atoms with Crippen LogP contribution < -0.4 is 0 Å². The molecule has 18 heavy (non-hydrogen) atoms. The summed E-state index contributed by atoms with van der Waals surface area (Å²) in [7, 11) is -0.863. The fourth-order valence-electron chi connectivity index (χ4n) is 2.17. The molecule has 1 fully saturated rings. The van der Waals surface area contributed by atoms with Crippen molar-refractivity contribution in [3.8, 4) is 0 Å². The monoisotopic (exact) mass is 279 g/mol. The van der Waals surface area contributed by atoms with E-state index in [1.54, 1.807) is 0 Å². The van der Waals surface area contributed by atoms with E-state index in [4.69, 9.17) is 0 Å². The highest BCUT2D eigenvalue weighted by Gasteiger charge is 2.35. The van der Waals surface area contributed by atoms with Crippen molar-refractivity contribution in [3.05, 3.63) is 0 Å². The van der Waals surface area contributed by atoms with Crippen molar-refractivity contribution >= 4 is 16.0 Å². The molecule has 0 aromatic rings. The molecule has 0 saturated heterocycles. The molecule has 0 aliphatic heterocycles. The van der Waals surface area contributed by atoms with Crippen molar-refractivity contribution in [2.24, 2.45) is 0 Å². The van der Waals surface area contributed by atoms with E-state index in [1.165, 1.54) is 14.2 Å². The van der Waals surface area contributed by atoms with Crippen LogP contribution in [-0.2, 0) is 19.6 Å². The van der Waals surface area contributed by atoms with Crippen LogP contribution in [0.1, 0.15) is 32.1 Å². The topological polar surface area (TPSA) is 83.9 Å². The van der Waals surface area contributed by atoms with Gasteiger partial charge in [0.2, 0.25) is 10.0 Å². The molecule has 1 rings (SSSR count). The molecule has 0 amide bonds. The summed E-state index contributed by atoms with van der Waals surface area (Å²) in [6, 6.07) is 0. The smallest absolute Gasteiger partial charge is 0.306 e. The van der Waals surface area contributed by atoms with Gasteiger partial charge in [0.05, 0.1) is 24.9 Å². The average molecular weight is 279 g/mol. The van der Waals surface area contributed by atoms with Crippen LogP contribution in [0.25, 0.3) is 0 Å². The molecule has 0 aromatic carbocycles. The molecule has 0 atom stereocenters. The lowest BCUT2D eigenvalue weighted by molar-refractivity contribution is -0.140. The minimum atomic E-state index is -3.52. The van der Waals surface area contributed by atoms with Crippen molar-refractivity contribution in [2.75, 3.05) is 26.5 Å². The lowest BCUT2D eigenvalue weighted by atomic mass is 10.0. The highest BCUT2D eigenvalue weighted by atomic mass is 32.2. The highest BCUT2D eigenvalue weighted by Crippen LogP contribution is 2.30. The van der Waals surface area contributed by atoms with Gasteiger partial charge < -0.3 is 9.84 Å². The zero-order valence-corrected chi connectivity index (χ0v) is 11.7. The standard InChI is InChI=1S/C11H21NO5S/c1-12(9-11(14)6-3-4-7-11)18(15,16)8-5-10(13)17-2/h14H,3-9H2,1-2H3. The molecule has 0 unspecified atom stereocenters. The summed E-state index contributed by atoms with van der Waals surface area (Å²) in [4.78, 5) is 10.9. The number of hydrogen-bond acceptors (Lipinski definition) is 5. The minimum absolute atomic E-state index is 0.0938. The Labute approximate surface area is 108 Å². The molecule has 0 spiro atoms. The summed E-state index contributed by atoms with van der Waals surface area (Å²) >= 11 is 0. The van der Waals surface area contributed by atoms with Gasteiger partial charge in [-0.3, -0.25) is 4.79 Å². The molecule has 0 heterocycles. The maximum absolute atomic E-state index is 11.9.